The van der Waals surface area contributed by atoms with Crippen molar-refractivity contribution in [3.8, 4) is 11.5 Å². The summed E-state index contributed by atoms with van der Waals surface area (Å²) >= 11 is 6.35. The van der Waals surface area contributed by atoms with Gasteiger partial charge in [0.2, 0.25) is 11.9 Å². The Labute approximate surface area is 263 Å². The predicted molar refractivity (Wildman–Crippen MR) is 173 cm³/mol. The van der Waals surface area contributed by atoms with Gasteiger partial charge in [0.1, 0.15) is 28.0 Å². The molecule has 6 aromatic heterocycles. The zero-order valence-electron chi connectivity index (χ0n) is 25.6. The van der Waals surface area contributed by atoms with Gasteiger partial charge < -0.3 is 30.5 Å². The fourth-order valence-electron chi connectivity index (χ4n) is 5.97. The van der Waals surface area contributed by atoms with Gasteiger partial charge in [-0.3, -0.25) is 19.7 Å². The van der Waals surface area contributed by atoms with Crippen LogP contribution in [0.1, 0.15) is 44.8 Å². The highest BCUT2D eigenvalue weighted by Gasteiger charge is 2.20. The van der Waals surface area contributed by atoms with E-state index in [0.29, 0.717) is 47.4 Å². The number of nitrogens with two attached hydrogens (primary N) is 2. The number of pyridine rings is 2. The Morgan fingerprint density at radius 2 is 1.47 bits per heavy atom. The van der Waals surface area contributed by atoms with Crippen LogP contribution >= 0.6 is 11.6 Å². The van der Waals surface area contributed by atoms with Crippen molar-refractivity contribution in [3.63, 3.8) is 0 Å². The Morgan fingerprint density at radius 3 is 2.07 bits per heavy atom. The summed E-state index contributed by atoms with van der Waals surface area (Å²) in [6.07, 6.45) is 9.74. The van der Waals surface area contributed by atoms with Gasteiger partial charge in [-0.05, 0) is 26.7 Å². The summed E-state index contributed by atoms with van der Waals surface area (Å²) in [5.74, 6) is 1.75. The summed E-state index contributed by atoms with van der Waals surface area (Å²) in [6.45, 7) is 3.99. The van der Waals surface area contributed by atoms with E-state index in [1.54, 1.807) is 20.4 Å². The average Bonchev–Trinajstić information content (AvgIpc) is 3.54. The Bertz CT molecular complexity index is 2150. The van der Waals surface area contributed by atoms with Crippen molar-refractivity contribution in [2.45, 2.75) is 39.5 Å². The molecule has 0 amide bonds. The smallest absolute Gasteiger partial charge is 0.276 e. The fraction of sp³-hybridized carbons (Fsp3) is 0.290. The Kier molecular flexibility index (Phi) is 7.79. The fourth-order valence-corrected chi connectivity index (χ4v) is 6.28. The summed E-state index contributed by atoms with van der Waals surface area (Å²) in [5.41, 5.74) is 20.9. The van der Waals surface area contributed by atoms with Crippen LogP contribution < -0.4 is 26.5 Å². The molecule has 0 aliphatic heterocycles. The van der Waals surface area contributed by atoms with Crippen LogP contribution in [0.15, 0.2) is 29.6 Å². The lowest BCUT2D eigenvalue weighted by molar-refractivity contribution is 0.401. The monoisotopic (exact) mass is 628 g/mol. The molecule has 14 heteroatoms. The summed E-state index contributed by atoms with van der Waals surface area (Å²) in [6, 6.07) is 0. The number of methoxy groups -OCH3 is 2. The normalized spacial score (nSPS) is 11.5. The minimum absolute atomic E-state index is 0.0670. The molecule has 0 bridgehead atoms. The van der Waals surface area contributed by atoms with E-state index >= 15 is 0 Å². The minimum Gasteiger partial charge on any atom is -0.496 e. The summed E-state index contributed by atoms with van der Waals surface area (Å²) in [5, 5.41) is 0.314. The van der Waals surface area contributed by atoms with Crippen LogP contribution in [0.25, 0.3) is 22.1 Å². The maximum atomic E-state index is 12.2. The molecule has 232 valence electrons. The first-order valence-electron chi connectivity index (χ1n) is 14.2. The quantitative estimate of drug-likeness (QED) is 0.172. The zero-order valence-corrected chi connectivity index (χ0v) is 26.3. The molecule has 0 spiro atoms. The average molecular weight is 629 g/mol. The van der Waals surface area contributed by atoms with Gasteiger partial charge in [-0.1, -0.05) is 11.6 Å². The van der Waals surface area contributed by atoms with Gasteiger partial charge in [0, 0.05) is 78.1 Å². The number of nitrogens with one attached hydrogen (secondary N) is 2. The number of nitrogens with zero attached hydrogens (tertiary/aromatic N) is 6. The van der Waals surface area contributed by atoms with E-state index in [2.05, 4.69) is 24.9 Å². The van der Waals surface area contributed by atoms with Gasteiger partial charge in [0.15, 0.2) is 5.15 Å². The van der Waals surface area contributed by atoms with Gasteiger partial charge in [0.05, 0.1) is 31.1 Å². The number of aromatic nitrogens is 8. The molecule has 0 aliphatic carbocycles. The molecule has 6 aromatic rings. The highest BCUT2D eigenvalue weighted by atomic mass is 35.5. The van der Waals surface area contributed by atoms with Crippen LogP contribution in [-0.2, 0) is 32.7 Å². The number of nitrogen functional groups attached to an aromatic ring is 2. The highest BCUT2D eigenvalue weighted by molar-refractivity contribution is 6.33. The third-order valence-corrected chi connectivity index (χ3v) is 8.43. The number of H-pyrrole nitrogens is 2. The molecule has 0 aromatic carbocycles. The lowest BCUT2D eigenvalue weighted by atomic mass is 9.98. The van der Waals surface area contributed by atoms with Crippen molar-refractivity contribution in [2.24, 2.45) is 7.05 Å². The number of hydrogen-bond acceptors (Lipinski definition) is 10. The van der Waals surface area contributed by atoms with E-state index in [1.165, 1.54) is 0 Å². The first kappa shape index (κ1) is 29.9. The Balaban J connectivity index is 1.24. The summed E-state index contributed by atoms with van der Waals surface area (Å²) < 4.78 is 13.6. The second kappa shape index (κ2) is 11.7. The molecule has 6 N–H and O–H groups in total. The topological polar surface area (TPSA) is 189 Å². The maximum absolute atomic E-state index is 12.2. The van der Waals surface area contributed by atoms with Crippen molar-refractivity contribution in [1.29, 1.82) is 0 Å². The molecule has 0 unspecified atom stereocenters. The van der Waals surface area contributed by atoms with Gasteiger partial charge >= 0.3 is 0 Å². The van der Waals surface area contributed by atoms with Gasteiger partial charge in [0.25, 0.3) is 5.56 Å². The second-order valence-electron chi connectivity index (χ2n) is 11.0. The molecule has 0 atom stereocenters. The molecule has 0 saturated carbocycles. The van der Waals surface area contributed by atoms with Gasteiger partial charge in [-0.25, -0.2) is 9.97 Å². The van der Waals surface area contributed by atoms with E-state index in [9.17, 15) is 4.79 Å². The molecule has 0 saturated heterocycles. The number of anilines is 2. The molecule has 45 heavy (non-hydrogen) atoms. The van der Waals surface area contributed by atoms with E-state index in [4.69, 9.17) is 42.5 Å². The van der Waals surface area contributed by atoms with Gasteiger partial charge in [-0.2, -0.15) is 4.98 Å². The number of aromatic amines is 2. The molecular weight excluding hydrogens is 596 g/mol. The van der Waals surface area contributed by atoms with Crippen LogP contribution in [0.4, 0.5) is 11.9 Å². The maximum Gasteiger partial charge on any atom is 0.276 e. The van der Waals surface area contributed by atoms with Crippen LogP contribution in [0.5, 0.6) is 11.5 Å². The molecule has 0 radical (unpaired) electrons. The van der Waals surface area contributed by atoms with E-state index in [0.717, 1.165) is 61.8 Å². The van der Waals surface area contributed by atoms with Crippen LogP contribution in [0.2, 0.25) is 5.15 Å². The van der Waals surface area contributed by atoms with Crippen molar-refractivity contribution >= 4 is 45.6 Å². The largest absolute Gasteiger partial charge is 0.496 e. The van der Waals surface area contributed by atoms with Crippen molar-refractivity contribution in [3.05, 3.63) is 85.1 Å². The zero-order chi connectivity index (χ0) is 32.0. The molecule has 6 rings (SSSR count). The standard InChI is InChI=1S/C31H33ClN10O3/c1-14-20(8-18-12-37-24-22(18)38-31(34)41-29(24)43)35-10-16(26(14)44-4)6-7-17-11-36-21(15(2)27(17)45-5)9-19-13-42(3)25-23(19)39-30(33)40-28(25)32/h10-13,37H,6-9H2,1-5H3,(H2,33,39,40)(H3,34,38,41,43). The number of fused-ring (bicyclic) bond motifs is 2. The molecule has 0 aliphatic rings. The molecule has 0 fully saturated rings. The minimum atomic E-state index is -0.312. The molecular formula is C31H33ClN10O3. The Hall–Kier alpha value is -5.17. The predicted octanol–water partition coefficient (Wildman–Crippen LogP) is 3.74. The summed E-state index contributed by atoms with van der Waals surface area (Å²) in [4.78, 5) is 40.2. The van der Waals surface area contributed by atoms with Crippen molar-refractivity contribution in [1.82, 2.24) is 39.5 Å². The highest BCUT2D eigenvalue weighted by Crippen LogP contribution is 2.33. The second-order valence-corrected chi connectivity index (χ2v) is 11.3. The van der Waals surface area contributed by atoms with Crippen LogP contribution in [0.3, 0.4) is 0 Å². The molecule has 13 nitrogen and oxygen atoms in total. The molecule has 6 heterocycles. The van der Waals surface area contributed by atoms with Crippen LogP contribution in [-0.4, -0.2) is 53.7 Å². The lowest BCUT2D eigenvalue weighted by Gasteiger charge is -2.17. The number of halogens is 1. The summed E-state index contributed by atoms with van der Waals surface area (Å²) in [7, 11) is 5.23. The number of aryl methyl sites for hydroxylation is 3. The third kappa shape index (κ3) is 5.39. The SMILES string of the molecule is COc1c(CCc2cnc(Cc3cn(C)c4c(Cl)nc(N)nc34)c(C)c2OC)cnc(Cc2c[nH]c3c(=O)[nH]c(N)nc23)c1C. The lowest BCUT2D eigenvalue weighted by Crippen LogP contribution is -2.11. The Morgan fingerprint density at radius 1 is 0.867 bits per heavy atom. The van der Waals surface area contributed by atoms with E-state index < -0.39 is 0 Å². The number of hydrogen-bond donors (Lipinski definition) is 4. The van der Waals surface area contributed by atoms with Crippen LogP contribution in [0, 0.1) is 13.8 Å². The van der Waals surface area contributed by atoms with Crippen molar-refractivity contribution < 1.29 is 9.47 Å². The first-order valence-corrected chi connectivity index (χ1v) is 14.6. The first-order chi connectivity index (χ1) is 21.6. The van der Waals surface area contributed by atoms with Gasteiger partial charge in [-0.15, -0.1) is 0 Å². The number of ether oxygens (including phenoxy) is 2. The van der Waals surface area contributed by atoms with Crippen molar-refractivity contribution in [2.75, 3.05) is 25.7 Å². The number of rotatable bonds is 9. The third-order valence-electron chi connectivity index (χ3n) is 8.17. The van der Waals surface area contributed by atoms with E-state index in [-0.39, 0.29) is 17.5 Å². The van der Waals surface area contributed by atoms with E-state index in [1.807, 2.05) is 44.1 Å².